The van der Waals surface area contributed by atoms with Gasteiger partial charge in [0.2, 0.25) is 0 Å². The summed E-state index contributed by atoms with van der Waals surface area (Å²) in [5.41, 5.74) is 0. The van der Waals surface area contributed by atoms with Crippen LogP contribution in [0.3, 0.4) is 0 Å². The molecule has 16 nitrogen and oxygen atoms in total. The number of carbonyl (C=O) groups is 6. The predicted octanol–water partition coefficient (Wildman–Crippen LogP) is -2.05. The van der Waals surface area contributed by atoms with E-state index in [0.29, 0.717) is 0 Å². The van der Waals surface area contributed by atoms with Crippen molar-refractivity contribution in [3.8, 4) is 0 Å². The van der Waals surface area contributed by atoms with Crippen LogP contribution in [-0.2, 0) is 83.3 Å². The van der Waals surface area contributed by atoms with Crippen molar-refractivity contribution in [2.45, 2.75) is 41.5 Å². The second-order valence-corrected chi connectivity index (χ2v) is 3.11. The molecule has 0 unspecified atom stereocenters. The molecule has 0 aromatic heterocycles. The molecule has 0 heterocycles. The van der Waals surface area contributed by atoms with Crippen molar-refractivity contribution in [1.82, 2.24) is 0 Å². The van der Waals surface area contributed by atoms with Crippen LogP contribution < -0.4 is 0 Å². The summed E-state index contributed by atoms with van der Waals surface area (Å²) in [6.45, 7) is 6.50. The molecule has 0 rings (SSSR count). The first-order chi connectivity index (χ1) is 11.4. The number of carboxylic acids is 6. The Morgan fingerprint density at radius 2 is 0.387 bits per heavy atom. The quantitative estimate of drug-likeness (QED) is 0.166. The van der Waals surface area contributed by atoms with Gasteiger partial charge in [-0.05, 0) is 0 Å². The third kappa shape index (κ3) is 5210. The average Bonchev–Trinajstić information content (AvgIpc) is 2.25. The van der Waals surface area contributed by atoms with E-state index in [1.807, 2.05) is 0 Å². The summed E-state index contributed by atoms with van der Waals surface area (Å²) in [6.07, 6.45) is 0. The Morgan fingerprint density at radius 3 is 0.387 bits per heavy atom. The summed E-state index contributed by atoms with van der Waals surface area (Å²) in [5, 5.41) is 44.5. The molecule has 0 aliphatic rings. The van der Waals surface area contributed by atoms with Gasteiger partial charge in [0.25, 0.3) is 35.8 Å². The van der Waals surface area contributed by atoms with E-state index >= 15 is 0 Å². The standard InChI is InChI=1S/6C2H4O2.2Cr.Mn.3H2O.O/c6*1-2(3)4;;;;;;;/h6*1H3,(H,3,4);;;;3*1H2;. The summed E-state index contributed by atoms with van der Waals surface area (Å²) >= 11 is 1.69. The van der Waals surface area contributed by atoms with E-state index in [2.05, 4.69) is 0 Å². The summed E-state index contributed by atoms with van der Waals surface area (Å²) in [4.78, 5) is 54.0. The molecule has 0 aromatic carbocycles. The first-order valence-corrected chi connectivity index (χ1v) is 6.20. The Bertz CT molecular complexity index is 289. The molecule has 12 N–H and O–H groups in total. The van der Waals surface area contributed by atoms with Crippen LogP contribution in [0.5, 0.6) is 0 Å². The molecule has 0 aromatic rings. The zero-order valence-corrected chi connectivity index (χ0v) is 21.0. The van der Waals surface area contributed by atoms with Crippen molar-refractivity contribution in [2.75, 3.05) is 0 Å². The molecular weight excluding hydrogens is 559 g/mol. The fourth-order valence-electron chi connectivity index (χ4n) is 0. The molecule has 0 saturated heterocycles. The summed E-state index contributed by atoms with van der Waals surface area (Å²) in [6, 6.07) is 0. The molecule has 0 amide bonds. The Hall–Kier alpha value is -1.92. The molecule has 0 fully saturated rings. The topological polar surface area (TPSA) is 335 Å². The van der Waals surface area contributed by atoms with Crippen molar-refractivity contribution in [3.63, 3.8) is 0 Å². The van der Waals surface area contributed by atoms with Gasteiger partial charge in [-0.1, -0.05) is 0 Å². The van der Waals surface area contributed by atoms with Crippen molar-refractivity contribution >= 4 is 35.8 Å². The molecule has 0 saturated carbocycles. The van der Waals surface area contributed by atoms with E-state index in [-0.39, 0.29) is 51.2 Å². The van der Waals surface area contributed by atoms with E-state index in [4.69, 9.17) is 63.2 Å². The number of hydrogen-bond donors (Lipinski definition) is 6. The van der Waals surface area contributed by atoms with Gasteiger partial charge >= 0.3 is 19.8 Å². The maximum absolute atomic E-state index is 9.00. The fraction of sp³-hybridized carbons (Fsp3) is 0.500. The molecule has 0 bridgehead atoms. The number of rotatable bonds is 0. The summed E-state index contributed by atoms with van der Waals surface area (Å²) in [5.74, 6) is -5.00. The predicted molar refractivity (Wildman–Crippen MR) is 91.4 cm³/mol. The molecule has 0 spiro atoms. The second kappa shape index (κ2) is 79.6. The van der Waals surface area contributed by atoms with Gasteiger partial charge in [0.1, 0.15) is 0 Å². The Morgan fingerprint density at radius 1 is 0.387 bits per heavy atom. The van der Waals surface area contributed by atoms with Crippen molar-refractivity contribution in [2.24, 2.45) is 0 Å². The van der Waals surface area contributed by atoms with Gasteiger partial charge in [0.15, 0.2) is 0 Å². The minimum absolute atomic E-state index is 0. The van der Waals surface area contributed by atoms with E-state index < -0.39 is 35.8 Å². The van der Waals surface area contributed by atoms with E-state index in [9.17, 15) is 0 Å². The van der Waals surface area contributed by atoms with Crippen molar-refractivity contribution < 1.29 is 130 Å². The SMILES string of the molecule is CC(=O)O.CC(=O)O.CC(=O)O.CC(=O)O.CC(=O)O.CC(=O)O.O.O.O.[Cr].[Cr].[O]=[Mn]. The summed E-state index contributed by atoms with van der Waals surface area (Å²) in [7, 11) is 0. The second-order valence-electron chi connectivity index (χ2n) is 3.11. The zero-order chi connectivity index (χ0) is 23.5. The van der Waals surface area contributed by atoms with Gasteiger partial charge in [-0.25, -0.2) is 0 Å². The Kier molecular flexibility index (Phi) is 202. The van der Waals surface area contributed by atoms with Gasteiger partial charge in [-0.15, -0.1) is 0 Å². The van der Waals surface area contributed by atoms with Gasteiger partial charge in [0, 0.05) is 76.3 Å². The van der Waals surface area contributed by atoms with Crippen LogP contribution in [0.1, 0.15) is 41.5 Å². The van der Waals surface area contributed by atoms with Gasteiger partial charge in [0.05, 0.1) is 0 Å². The molecule has 193 valence electrons. The van der Waals surface area contributed by atoms with Crippen LogP contribution in [0.2, 0.25) is 0 Å². The van der Waals surface area contributed by atoms with E-state index in [1.165, 1.54) is 0 Å². The van der Waals surface area contributed by atoms with Gasteiger partial charge in [-0.2, -0.15) is 0 Å². The zero-order valence-electron chi connectivity index (χ0n) is 17.2. The minimum atomic E-state index is -0.833. The van der Waals surface area contributed by atoms with Crippen LogP contribution >= 0.6 is 0 Å². The van der Waals surface area contributed by atoms with Crippen molar-refractivity contribution in [3.05, 3.63) is 0 Å². The monoisotopic (exact) mass is 589 g/mol. The van der Waals surface area contributed by atoms with Crippen LogP contribution in [0, 0.1) is 0 Å². The van der Waals surface area contributed by atoms with Crippen LogP contribution in [0.25, 0.3) is 0 Å². The number of carboxylic acid groups (broad SMARTS) is 6. The van der Waals surface area contributed by atoms with Crippen LogP contribution in [-0.4, -0.2) is 82.9 Å². The van der Waals surface area contributed by atoms with Crippen molar-refractivity contribution in [1.29, 1.82) is 0 Å². The van der Waals surface area contributed by atoms with Gasteiger partial charge in [-0.3, -0.25) is 28.8 Å². The van der Waals surface area contributed by atoms with Crippen LogP contribution in [0.4, 0.5) is 0 Å². The number of hydrogen-bond acceptors (Lipinski definition) is 7. The van der Waals surface area contributed by atoms with E-state index in [1.54, 1.807) is 15.9 Å². The Balaban J connectivity index is -0.0000000133. The maximum atomic E-state index is 9.00. The molecule has 0 aliphatic heterocycles. The molecular formula is C12H30Cr2MnO16. The molecule has 31 heavy (non-hydrogen) atoms. The average molecular weight is 589 g/mol. The van der Waals surface area contributed by atoms with Gasteiger partial charge < -0.3 is 47.1 Å². The first kappa shape index (κ1) is 78.6. The fourth-order valence-corrected chi connectivity index (χ4v) is 0. The summed E-state index contributed by atoms with van der Waals surface area (Å²) < 4.78 is 8.06. The third-order valence-corrected chi connectivity index (χ3v) is 0. The normalized spacial score (nSPS) is 4.97. The molecule has 19 heteroatoms. The first-order valence-electron chi connectivity index (χ1n) is 5.72. The Labute approximate surface area is 207 Å². The molecule has 0 atom stereocenters. The molecule has 0 radical (unpaired) electrons. The van der Waals surface area contributed by atoms with E-state index in [0.717, 1.165) is 41.5 Å². The molecule has 0 aliphatic carbocycles. The van der Waals surface area contributed by atoms with Crippen LogP contribution in [0.15, 0.2) is 0 Å². The number of aliphatic carboxylic acids is 6. The third-order valence-electron chi connectivity index (χ3n) is 0.